The fourth-order valence-electron chi connectivity index (χ4n) is 1.98. The van der Waals surface area contributed by atoms with Crippen molar-refractivity contribution in [3.63, 3.8) is 0 Å². The Hall–Kier alpha value is -1.09. The molecule has 0 saturated heterocycles. The molecule has 0 aliphatic carbocycles. The summed E-state index contributed by atoms with van der Waals surface area (Å²) in [7, 11) is 0. The van der Waals surface area contributed by atoms with Gasteiger partial charge in [0, 0.05) is 11.7 Å². The lowest BCUT2D eigenvalue weighted by atomic mass is 10.1. The van der Waals surface area contributed by atoms with Crippen LogP contribution in [0.5, 0.6) is 0 Å². The maximum Gasteiger partial charge on any atom is 0.170 e. The van der Waals surface area contributed by atoms with Crippen molar-refractivity contribution in [3.05, 3.63) is 29.8 Å². The highest BCUT2D eigenvalue weighted by Gasteiger charge is 2.05. The molecule has 0 aliphatic rings. The lowest BCUT2D eigenvalue weighted by Gasteiger charge is -2.18. The number of hydrogen-bond donors (Lipinski definition) is 2. The van der Waals surface area contributed by atoms with Crippen molar-refractivity contribution >= 4 is 23.0 Å². The first kappa shape index (κ1) is 16.0. The molecule has 1 rings (SSSR count). The van der Waals surface area contributed by atoms with E-state index < -0.39 is 0 Å². The van der Waals surface area contributed by atoms with Crippen LogP contribution in [-0.2, 0) is 6.42 Å². The van der Waals surface area contributed by atoms with Crippen molar-refractivity contribution in [1.29, 1.82) is 0 Å². The standard InChI is InChI=1S/C16H26N2S/c1-4-7-8-13-9-11-15(12-10-13)18-16(19)17-14(5-2)6-3/h9-12,14H,4-8H2,1-3H3,(H2,17,18,19). The van der Waals surface area contributed by atoms with E-state index >= 15 is 0 Å². The van der Waals surface area contributed by atoms with Gasteiger partial charge in [-0.3, -0.25) is 0 Å². The average molecular weight is 278 g/mol. The normalized spacial score (nSPS) is 10.5. The Bertz CT molecular complexity index is 369. The minimum absolute atomic E-state index is 0.462. The molecule has 1 aromatic carbocycles. The summed E-state index contributed by atoms with van der Waals surface area (Å²) < 4.78 is 0. The van der Waals surface area contributed by atoms with Gasteiger partial charge in [-0.25, -0.2) is 0 Å². The summed E-state index contributed by atoms with van der Waals surface area (Å²) >= 11 is 5.33. The lowest BCUT2D eigenvalue weighted by molar-refractivity contribution is 0.573. The smallest absolute Gasteiger partial charge is 0.170 e. The van der Waals surface area contributed by atoms with Gasteiger partial charge >= 0.3 is 0 Å². The van der Waals surface area contributed by atoms with Crippen LogP contribution >= 0.6 is 12.2 Å². The molecule has 0 unspecified atom stereocenters. The van der Waals surface area contributed by atoms with E-state index in [1.807, 2.05) is 0 Å². The third-order valence-electron chi connectivity index (χ3n) is 3.35. The lowest BCUT2D eigenvalue weighted by Crippen LogP contribution is -2.36. The van der Waals surface area contributed by atoms with E-state index in [1.54, 1.807) is 0 Å². The molecule has 2 N–H and O–H groups in total. The van der Waals surface area contributed by atoms with E-state index in [0.717, 1.165) is 30.1 Å². The Morgan fingerprint density at radius 2 is 1.74 bits per heavy atom. The summed E-state index contributed by atoms with van der Waals surface area (Å²) in [5.41, 5.74) is 2.45. The molecule has 0 aromatic heterocycles. The van der Waals surface area contributed by atoms with Gasteiger partial charge in [-0.2, -0.15) is 0 Å². The molecule has 0 radical (unpaired) electrons. The van der Waals surface area contributed by atoms with Crippen LogP contribution in [-0.4, -0.2) is 11.2 Å². The molecule has 0 aliphatic heterocycles. The van der Waals surface area contributed by atoms with Crippen LogP contribution in [0.1, 0.15) is 52.0 Å². The van der Waals surface area contributed by atoms with Gasteiger partial charge in [-0.15, -0.1) is 0 Å². The number of anilines is 1. The number of benzene rings is 1. The maximum atomic E-state index is 5.33. The zero-order valence-corrected chi connectivity index (χ0v) is 13.1. The second-order valence-electron chi connectivity index (χ2n) is 4.91. The molecular formula is C16H26N2S. The van der Waals surface area contributed by atoms with E-state index in [4.69, 9.17) is 12.2 Å². The van der Waals surface area contributed by atoms with E-state index in [9.17, 15) is 0 Å². The van der Waals surface area contributed by atoms with Gasteiger partial charge in [0.15, 0.2) is 5.11 Å². The predicted molar refractivity (Wildman–Crippen MR) is 88.8 cm³/mol. The third kappa shape index (κ3) is 6.06. The Balaban J connectivity index is 2.46. The van der Waals surface area contributed by atoms with E-state index in [-0.39, 0.29) is 0 Å². The van der Waals surface area contributed by atoms with Gasteiger partial charge in [0.2, 0.25) is 0 Å². The van der Waals surface area contributed by atoms with Crippen molar-refractivity contribution < 1.29 is 0 Å². The quantitative estimate of drug-likeness (QED) is 0.718. The van der Waals surface area contributed by atoms with E-state index in [2.05, 4.69) is 55.7 Å². The van der Waals surface area contributed by atoms with Gasteiger partial charge in [-0.1, -0.05) is 39.3 Å². The molecule has 2 nitrogen and oxygen atoms in total. The molecule has 19 heavy (non-hydrogen) atoms. The molecule has 106 valence electrons. The van der Waals surface area contributed by atoms with E-state index in [0.29, 0.717) is 6.04 Å². The first-order chi connectivity index (χ1) is 9.19. The van der Waals surface area contributed by atoms with Gasteiger partial charge in [0.25, 0.3) is 0 Å². The Labute approximate surface area is 123 Å². The largest absolute Gasteiger partial charge is 0.360 e. The van der Waals surface area contributed by atoms with Crippen molar-refractivity contribution in [2.24, 2.45) is 0 Å². The highest BCUT2D eigenvalue weighted by atomic mass is 32.1. The summed E-state index contributed by atoms with van der Waals surface area (Å²) in [6, 6.07) is 9.02. The number of rotatable bonds is 7. The fourth-order valence-corrected chi connectivity index (χ4v) is 2.27. The van der Waals surface area contributed by atoms with Gasteiger partial charge < -0.3 is 10.6 Å². The summed E-state index contributed by atoms with van der Waals surface area (Å²) in [4.78, 5) is 0. The van der Waals surface area contributed by atoms with Gasteiger partial charge in [-0.05, 0) is 55.6 Å². The number of aryl methyl sites for hydroxylation is 1. The number of unbranched alkanes of at least 4 members (excludes halogenated alkanes) is 1. The second-order valence-corrected chi connectivity index (χ2v) is 5.32. The van der Waals surface area contributed by atoms with Gasteiger partial charge in [0.05, 0.1) is 0 Å². The molecule has 0 spiro atoms. The highest BCUT2D eigenvalue weighted by Crippen LogP contribution is 2.12. The number of thiocarbonyl (C=S) groups is 1. The number of hydrogen-bond acceptors (Lipinski definition) is 1. The molecule has 3 heteroatoms. The molecule has 0 saturated carbocycles. The van der Waals surface area contributed by atoms with Crippen LogP contribution in [0, 0.1) is 0 Å². The zero-order chi connectivity index (χ0) is 14.1. The summed E-state index contributed by atoms with van der Waals surface area (Å²) in [6.45, 7) is 6.57. The zero-order valence-electron chi connectivity index (χ0n) is 12.3. The molecule has 0 bridgehead atoms. The fraction of sp³-hybridized carbons (Fsp3) is 0.562. The third-order valence-corrected chi connectivity index (χ3v) is 3.57. The van der Waals surface area contributed by atoms with Gasteiger partial charge in [0.1, 0.15) is 0 Å². The molecular weight excluding hydrogens is 252 g/mol. The first-order valence-corrected chi connectivity index (χ1v) is 7.76. The molecule has 1 aromatic rings. The molecule has 0 heterocycles. The summed E-state index contributed by atoms with van der Waals surface area (Å²) in [6.07, 6.45) is 5.83. The minimum Gasteiger partial charge on any atom is -0.360 e. The van der Waals surface area contributed by atoms with Crippen LogP contribution in [0.15, 0.2) is 24.3 Å². The second kappa shape index (κ2) is 8.92. The minimum atomic E-state index is 0.462. The van der Waals surface area contributed by atoms with Crippen molar-refractivity contribution in [2.75, 3.05) is 5.32 Å². The molecule has 0 atom stereocenters. The Morgan fingerprint density at radius 3 is 2.26 bits per heavy atom. The first-order valence-electron chi connectivity index (χ1n) is 7.36. The molecule has 0 fully saturated rings. The van der Waals surface area contributed by atoms with Crippen LogP contribution in [0.25, 0.3) is 0 Å². The van der Waals surface area contributed by atoms with Crippen LogP contribution in [0.3, 0.4) is 0 Å². The predicted octanol–water partition coefficient (Wildman–Crippen LogP) is 4.50. The summed E-state index contributed by atoms with van der Waals surface area (Å²) in [5.74, 6) is 0. The maximum absolute atomic E-state index is 5.33. The van der Waals surface area contributed by atoms with Crippen molar-refractivity contribution in [3.8, 4) is 0 Å². The van der Waals surface area contributed by atoms with Crippen molar-refractivity contribution in [2.45, 2.75) is 58.9 Å². The van der Waals surface area contributed by atoms with Crippen LogP contribution in [0.4, 0.5) is 5.69 Å². The molecule has 0 amide bonds. The highest BCUT2D eigenvalue weighted by molar-refractivity contribution is 7.80. The topological polar surface area (TPSA) is 24.1 Å². The summed E-state index contributed by atoms with van der Waals surface area (Å²) in [5, 5.41) is 7.30. The SMILES string of the molecule is CCCCc1ccc(NC(=S)NC(CC)CC)cc1. The number of nitrogens with one attached hydrogen (secondary N) is 2. The van der Waals surface area contributed by atoms with Crippen LogP contribution in [0.2, 0.25) is 0 Å². The van der Waals surface area contributed by atoms with Crippen molar-refractivity contribution in [1.82, 2.24) is 5.32 Å². The Kier molecular flexibility index (Phi) is 7.49. The monoisotopic (exact) mass is 278 g/mol. The average Bonchev–Trinajstić information content (AvgIpc) is 2.44. The van der Waals surface area contributed by atoms with Crippen LogP contribution < -0.4 is 10.6 Å². The van der Waals surface area contributed by atoms with E-state index in [1.165, 1.54) is 18.4 Å². The Morgan fingerprint density at radius 1 is 1.11 bits per heavy atom.